The zero-order valence-corrected chi connectivity index (χ0v) is 17.8. The van der Waals surface area contributed by atoms with E-state index in [1.807, 2.05) is 30.3 Å². The molecular weight excluding hydrogens is 424 g/mol. The molecule has 3 rings (SSSR count). The van der Waals surface area contributed by atoms with Crippen LogP contribution in [0.2, 0.25) is 0 Å². The van der Waals surface area contributed by atoms with Gasteiger partial charge in [0.1, 0.15) is 10.8 Å². The molecule has 0 atom stereocenters. The van der Waals surface area contributed by atoms with Gasteiger partial charge in [0.2, 0.25) is 5.91 Å². The maximum Gasteiger partial charge on any atom is 0.251 e. The first kappa shape index (κ1) is 21.5. The third-order valence-electron chi connectivity index (χ3n) is 4.33. The highest BCUT2D eigenvalue weighted by Crippen LogP contribution is 2.35. The van der Waals surface area contributed by atoms with Gasteiger partial charge in [0.25, 0.3) is 5.91 Å². The van der Waals surface area contributed by atoms with Gasteiger partial charge in [-0.25, -0.2) is 8.42 Å². The molecular formula is C21H20N2O5S2. The summed E-state index contributed by atoms with van der Waals surface area (Å²) in [7, 11) is -2.15. The zero-order valence-electron chi connectivity index (χ0n) is 16.1. The lowest BCUT2D eigenvalue weighted by molar-refractivity contribution is -0.115. The van der Waals surface area contributed by atoms with Gasteiger partial charge in [0.05, 0.1) is 23.3 Å². The third-order valence-corrected chi connectivity index (χ3v) is 7.16. The number of thiophene rings is 1. The Bertz CT molecular complexity index is 1150. The van der Waals surface area contributed by atoms with Crippen LogP contribution in [0.3, 0.4) is 0 Å². The van der Waals surface area contributed by atoms with E-state index >= 15 is 0 Å². The van der Waals surface area contributed by atoms with Crippen molar-refractivity contribution in [3.05, 3.63) is 66.2 Å². The Hall–Kier alpha value is -3.17. The average Bonchev–Trinajstić information content (AvgIpc) is 3.17. The van der Waals surface area contributed by atoms with Crippen LogP contribution < -0.4 is 15.8 Å². The second-order valence-electron chi connectivity index (χ2n) is 6.38. The smallest absolute Gasteiger partial charge is 0.251 e. The number of amides is 2. The molecule has 2 aromatic carbocycles. The van der Waals surface area contributed by atoms with Crippen LogP contribution in [0.4, 0.5) is 5.00 Å². The number of benzene rings is 2. The first-order chi connectivity index (χ1) is 14.3. The summed E-state index contributed by atoms with van der Waals surface area (Å²) in [6.45, 7) is 0. The Labute approximate surface area is 178 Å². The van der Waals surface area contributed by atoms with Gasteiger partial charge in [-0.1, -0.05) is 30.3 Å². The van der Waals surface area contributed by atoms with Crippen molar-refractivity contribution in [3.63, 3.8) is 0 Å². The van der Waals surface area contributed by atoms with Crippen molar-refractivity contribution in [1.29, 1.82) is 0 Å². The van der Waals surface area contributed by atoms with Crippen LogP contribution in [-0.4, -0.2) is 33.1 Å². The van der Waals surface area contributed by atoms with Gasteiger partial charge in [-0.15, -0.1) is 11.3 Å². The van der Waals surface area contributed by atoms with E-state index in [1.54, 1.807) is 18.2 Å². The van der Waals surface area contributed by atoms with E-state index in [0.717, 1.165) is 10.4 Å². The molecule has 1 aromatic heterocycles. The Morgan fingerprint density at radius 3 is 2.33 bits per heavy atom. The molecule has 2 amide bonds. The van der Waals surface area contributed by atoms with Crippen molar-refractivity contribution in [3.8, 4) is 16.2 Å². The predicted molar refractivity (Wildman–Crippen MR) is 117 cm³/mol. The summed E-state index contributed by atoms with van der Waals surface area (Å²) in [6.07, 6.45) is -0.259. The number of primary amides is 1. The molecule has 0 saturated heterocycles. The van der Waals surface area contributed by atoms with Crippen LogP contribution in [-0.2, 0) is 14.6 Å². The number of nitrogens with one attached hydrogen (secondary N) is 1. The molecule has 30 heavy (non-hydrogen) atoms. The lowest BCUT2D eigenvalue weighted by Crippen LogP contribution is -2.19. The van der Waals surface area contributed by atoms with Gasteiger partial charge in [0.15, 0.2) is 9.84 Å². The van der Waals surface area contributed by atoms with E-state index in [0.29, 0.717) is 10.8 Å². The van der Waals surface area contributed by atoms with Crippen molar-refractivity contribution in [2.75, 3.05) is 18.2 Å². The maximum atomic E-state index is 12.5. The summed E-state index contributed by atoms with van der Waals surface area (Å²) in [4.78, 5) is 25.0. The van der Waals surface area contributed by atoms with Crippen LogP contribution in [0.1, 0.15) is 16.8 Å². The van der Waals surface area contributed by atoms with Crippen LogP contribution in [0.5, 0.6) is 5.75 Å². The molecule has 0 aliphatic rings. The van der Waals surface area contributed by atoms with Crippen LogP contribution >= 0.6 is 11.3 Å². The molecule has 0 spiro atoms. The Morgan fingerprint density at radius 1 is 1.07 bits per heavy atom. The highest BCUT2D eigenvalue weighted by molar-refractivity contribution is 7.91. The number of hydrogen-bond donors (Lipinski definition) is 2. The lowest BCUT2D eigenvalue weighted by Gasteiger charge is -2.07. The number of methoxy groups -OCH3 is 1. The monoisotopic (exact) mass is 444 g/mol. The SMILES string of the molecule is COc1ccc(S(=O)(=O)CCC(=O)Nc2sc(-c3ccccc3)cc2C(N)=O)cc1. The van der Waals surface area contributed by atoms with Gasteiger partial charge in [-0.05, 0) is 35.9 Å². The van der Waals surface area contributed by atoms with Crippen LogP contribution in [0.15, 0.2) is 65.6 Å². The molecule has 1 heterocycles. The molecule has 3 N–H and O–H groups in total. The highest BCUT2D eigenvalue weighted by Gasteiger charge is 2.20. The summed E-state index contributed by atoms with van der Waals surface area (Å²) in [5, 5.41) is 2.92. The van der Waals surface area contributed by atoms with Crippen molar-refractivity contribution in [2.45, 2.75) is 11.3 Å². The molecule has 7 nitrogen and oxygen atoms in total. The molecule has 0 fully saturated rings. The number of hydrogen-bond acceptors (Lipinski definition) is 6. The first-order valence-corrected chi connectivity index (χ1v) is 11.4. The number of carbonyl (C=O) groups is 2. The quantitative estimate of drug-likeness (QED) is 0.553. The standard InChI is InChI=1S/C21H20N2O5S2/c1-28-15-7-9-16(10-8-15)30(26,27)12-11-19(24)23-21-17(20(22)25)13-18(29-21)14-5-3-2-4-6-14/h2-10,13H,11-12H2,1H3,(H2,22,25)(H,23,24). The van der Waals surface area contributed by atoms with E-state index in [-0.39, 0.29) is 22.6 Å². The number of ether oxygens (including phenoxy) is 1. The second-order valence-corrected chi connectivity index (χ2v) is 9.54. The predicted octanol–water partition coefficient (Wildman–Crippen LogP) is 3.33. The summed E-state index contributed by atoms with van der Waals surface area (Å²) in [6, 6.07) is 16.9. The summed E-state index contributed by atoms with van der Waals surface area (Å²) < 4.78 is 29.9. The minimum absolute atomic E-state index is 0.108. The van der Waals surface area contributed by atoms with Crippen molar-refractivity contribution >= 4 is 38.0 Å². The van der Waals surface area contributed by atoms with Gasteiger partial charge < -0.3 is 15.8 Å². The molecule has 0 bridgehead atoms. The van der Waals surface area contributed by atoms with E-state index in [9.17, 15) is 18.0 Å². The number of nitrogens with two attached hydrogens (primary N) is 1. The van der Waals surface area contributed by atoms with Crippen LogP contribution in [0.25, 0.3) is 10.4 Å². The van der Waals surface area contributed by atoms with Gasteiger partial charge in [0, 0.05) is 11.3 Å². The van der Waals surface area contributed by atoms with Crippen molar-refractivity contribution in [1.82, 2.24) is 0 Å². The summed E-state index contributed by atoms with van der Waals surface area (Å²) in [5.41, 5.74) is 6.50. The third kappa shape index (κ3) is 5.05. The normalized spacial score (nSPS) is 11.1. The number of anilines is 1. The van der Waals surface area contributed by atoms with Crippen molar-refractivity contribution < 1.29 is 22.7 Å². The maximum absolute atomic E-state index is 12.5. The van der Waals surface area contributed by atoms with E-state index in [2.05, 4.69) is 5.32 Å². The van der Waals surface area contributed by atoms with Gasteiger partial charge >= 0.3 is 0 Å². The molecule has 3 aromatic rings. The molecule has 156 valence electrons. The molecule has 0 aliphatic heterocycles. The largest absolute Gasteiger partial charge is 0.497 e. The lowest BCUT2D eigenvalue weighted by atomic mass is 10.1. The zero-order chi connectivity index (χ0) is 21.7. The average molecular weight is 445 g/mol. The first-order valence-electron chi connectivity index (χ1n) is 8.96. The Kier molecular flexibility index (Phi) is 6.53. The second kappa shape index (κ2) is 9.10. The number of sulfone groups is 1. The van der Waals surface area contributed by atoms with Crippen molar-refractivity contribution in [2.24, 2.45) is 5.73 Å². The Morgan fingerprint density at radius 2 is 1.73 bits per heavy atom. The molecule has 9 heteroatoms. The van der Waals surface area contributed by atoms with E-state index in [4.69, 9.17) is 10.5 Å². The molecule has 0 radical (unpaired) electrons. The fourth-order valence-electron chi connectivity index (χ4n) is 2.73. The minimum Gasteiger partial charge on any atom is -0.497 e. The van der Waals surface area contributed by atoms with Crippen LogP contribution in [0, 0.1) is 0 Å². The Balaban J connectivity index is 1.71. The topological polar surface area (TPSA) is 116 Å². The number of carbonyl (C=O) groups excluding carboxylic acids is 2. The van der Waals surface area contributed by atoms with E-state index in [1.165, 1.54) is 30.6 Å². The fourth-order valence-corrected chi connectivity index (χ4v) is 5.05. The molecule has 0 saturated carbocycles. The fraction of sp³-hybridized carbons (Fsp3) is 0.143. The molecule has 0 unspecified atom stereocenters. The highest BCUT2D eigenvalue weighted by atomic mass is 32.2. The van der Waals surface area contributed by atoms with Gasteiger partial charge in [-0.2, -0.15) is 0 Å². The molecule has 0 aliphatic carbocycles. The van der Waals surface area contributed by atoms with Gasteiger partial charge in [-0.3, -0.25) is 9.59 Å². The summed E-state index contributed by atoms with van der Waals surface area (Å²) in [5.74, 6) is -1.02. The number of rotatable bonds is 8. The van der Waals surface area contributed by atoms with E-state index < -0.39 is 21.7 Å². The summed E-state index contributed by atoms with van der Waals surface area (Å²) >= 11 is 1.21. The minimum atomic E-state index is -3.64.